The van der Waals surface area contributed by atoms with Gasteiger partial charge in [-0.25, -0.2) is 4.79 Å². The highest BCUT2D eigenvalue weighted by atomic mass is 16.4. The number of aromatic carboxylic acids is 1. The smallest absolute Gasteiger partial charge is 0.335 e. The predicted molar refractivity (Wildman–Crippen MR) is 80.0 cm³/mol. The molecule has 0 fully saturated rings. The van der Waals surface area contributed by atoms with Crippen molar-refractivity contribution in [3.05, 3.63) is 34.9 Å². The summed E-state index contributed by atoms with van der Waals surface area (Å²) < 4.78 is 0. The third kappa shape index (κ3) is 3.61. The highest BCUT2D eigenvalue weighted by Gasteiger charge is 2.27. The van der Waals surface area contributed by atoms with Crippen molar-refractivity contribution in [2.45, 2.75) is 39.9 Å². The number of carbonyl (C=O) groups is 2. The summed E-state index contributed by atoms with van der Waals surface area (Å²) in [7, 11) is 0. The number of carboxylic acid groups (broad SMARTS) is 1. The standard InChI is InChI=1S/C16H22N2O3/c1-10(2)7-17-15(19)11(3)18-8-13-5-4-12(16(20)21)6-14(13)9-18/h4-6,10-11H,7-9H2,1-3H3,(H,17,19)(H,20,21). The van der Waals surface area contributed by atoms with E-state index in [2.05, 4.69) is 24.1 Å². The molecule has 1 heterocycles. The van der Waals surface area contributed by atoms with E-state index in [9.17, 15) is 9.59 Å². The molecule has 1 amide bonds. The summed E-state index contributed by atoms with van der Waals surface area (Å²) in [4.78, 5) is 25.2. The molecule has 1 unspecified atom stereocenters. The Morgan fingerprint density at radius 2 is 1.90 bits per heavy atom. The second-order valence-electron chi connectivity index (χ2n) is 6.01. The minimum atomic E-state index is -0.918. The van der Waals surface area contributed by atoms with Gasteiger partial charge in [-0.3, -0.25) is 9.69 Å². The van der Waals surface area contributed by atoms with Crippen LogP contribution in [0, 0.1) is 5.92 Å². The lowest BCUT2D eigenvalue weighted by Gasteiger charge is -2.23. The highest BCUT2D eigenvalue weighted by Crippen LogP contribution is 2.25. The minimum absolute atomic E-state index is 0.0231. The van der Waals surface area contributed by atoms with Crippen molar-refractivity contribution in [2.75, 3.05) is 6.54 Å². The summed E-state index contributed by atoms with van der Waals surface area (Å²) in [5, 5.41) is 12.0. The molecule has 0 radical (unpaired) electrons. The Hall–Kier alpha value is -1.88. The van der Waals surface area contributed by atoms with Crippen LogP contribution in [0.3, 0.4) is 0 Å². The van der Waals surface area contributed by atoms with E-state index in [0.717, 1.165) is 11.1 Å². The Balaban J connectivity index is 2.01. The number of hydrogen-bond acceptors (Lipinski definition) is 3. The van der Waals surface area contributed by atoms with E-state index in [0.29, 0.717) is 31.1 Å². The van der Waals surface area contributed by atoms with E-state index in [-0.39, 0.29) is 11.9 Å². The van der Waals surface area contributed by atoms with Gasteiger partial charge in [0.2, 0.25) is 5.91 Å². The zero-order valence-corrected chi connectivity index (χ0v) is 12.7. The Morgan fingerprint density at radius 3 is 2.52 bits per heavy atom. The number of benzene rings is 1. The Morgan fingerprint density at radius 1 is 1.24 bits per heavy atom. The van der Waals surface area contributed by atoms with Crippen LogP contribution >= 0.6 is 0 Å². The largest absolute Gasteiger partial charge is 0.478 e. The molecule has 1 atom stereocenters. The van der Waals surface area contributed by atoms with Gasteiger partial charge in [-0.1, -0.05) is 19.9 Å². The number of rotatable bonds is 5. The van der Waals surface area contributed by atoms with Crippen molar-refractivity contribution in [3.63, 3.8) is 0 Å². The minimum Gasteiger partial charge on any atom is -0.478 e. The van der Waals surface area contributed by atoms with E-state index >= 15 is 0 Å². The topological polar surface area (TPSA) is 69.6 Å². The molecule has 0 bridgehead atoms. The van der Waals surface area contributed by atoms with Gasteiger partial charge in [-0.15, -0.1) is 0 Å². The maximum Gasteiger partial charge on any atom is 0.335 e. The number of nitrogens with zero attached hydrogens (tertiary/aromatic N) is 1. The average Bonchev–Trinajstić information content (AvgIpc) is 2.86. The van der Waals surface area contributed by atoms with Crippen LogP contribution < -0.4 is 5.32 Å². The lowest BCUT2D eigenvalue weighted by atomic mass is 10.1. The van der Waals surface area contributed by atoms with Crippen molar-refractivity contribution < 1.29 is 14.7 Å². The lowest BCUT2D eigenvalue weighted by molar-refractivity contribution is -0.126. The molecule has 1 aromatic carbocycles. The molecule has 1 aliphatic rings. The first-order valence-corrected chi connectivity index (χ1v) is 7.25. The number of nitrogens with one attached hydrogen (secondary N) is 1. The van der Waals surface area contributed by atoms with E-state index in [4.69, 9.17) is 5.11 Å². The van der Waals surface area contributed by atoms with Crippen molar-refractivity contribution in [3.8, 4) is 0 Å². The molecule has 5 heteroatoms. The van der Waals surface area contributed by atoms with Gasteiger partial charge >= 0.3 is 5.97 Å². The summed E-state index contributed by atoms with van der Waals surface area (Å²) in [6.07, 6.45) is 0. The SMILES string of the molecule is CC(C)CNC(=O)C(C)N1Cc2ccc(C(=O)O)cc2C1. The van der Waals surface area contributed by atoms with E-state index < -0.39 is 5.97 Å². The normalized spacial score (nSPS) is 15.8. The lowest BCUT2D eigenvalue weighted by Crippen LogP contribution is -2.43. The van der Waals surface area contributed by atoms with Crippen LogP contribution in [0.1, 0.15) is 42.3 Å². The molecule has 0 saturated carbocycles. The molecule has 0 spiro atoms. The third-order valence-corrected chi connectivity index (χ3v) is 3.81. The number of carboxylic acids is 1. The van der Waals surface area contributed by atoms with Crippen molar-refractivity contribution in [1.82, 2.24) is 10.2 Å². The van der Waals surface area contributed by atoms with Gasteiger partial charge in [0.25, 0.3) is 0 Å². The van der Waals surface area contributed by atoms with E-state index in [1.54, 1.807) is 12.1 Å². The predicted octanol–water partition coefficient (Wildman–Crippen LogP) is 1.86. The number of hydrogen-bond donors (Lipinski definition) is 2. The summed E-state index contributed by atoms with van der Waals surface area (Å²) in [6, 6.07) is 4.95. The molecule has 5 nitrogen and oxygen atoms in total. The molecule has 1 aromatic rings. The maximum atomic E-state index is 12.1. The Kier molecular flexibility index (Phi) is 4.63. The molecule has 114 valence electrons. The quantitative estimate of drug-likeness (QED) is 0.868. The first-order valence-electron chi connectivity index (χ1n) is 7.25. The van der Waals surface area contributed by atoms with Gasteiger partial charge in [0.05, 0.1) is 11.6 Å². The van der Waals surface area contributed by atoms with Gasteiger partial charge in [-0.2, -0.15) is 0 Å². The van der Waals surface area contributed by atoms with Crippen LogP contribution in [0.5, 0.6) is 0 Å². The maximum absolute atomic E-state index is 12.1. The molecule has 1 aliphatic heterocycles. The fourth-order valence-corrected chi connectivity index (χ4v) is 2.45. The van der Waals surface area contributed by atoms with Crippen molar-refractivity contribution >= 4 is 11.9 Å². The fraction of sp³-hybridized carbons (Fsp3) is 0.500. The van der Waals surface area contributed by atoms with Gasteiger partial charge in [-0.05, 0) is 36.1 Å². The zero-order chi connectivity index (χ0) is 15.6. The highest BCUT2D eigenvalue weighted by molar-refractivity contribution is 5.88. The van der Waals surface area contributed by atoms with Crippen molar-refractivity contribution in [1.29, 1.82) is 0 Å². The molecular weight excluding hydrogens is 268 g/mol. The van der Waals surface area contributed by atoms with Gasteiger partial charge in [0.1, 0.15) is 0 Å². The van der Waals surface area contributed by atoms with Gasteiger partial charge in [0.15, 0.2) is 0 Å². The third-order valence-electron chi connectivity index (χ3n) is 3.81. The van der Waals surface area contributed by atoms with E-state index in [1.807, 2.05) is 13.0 Å². The first kappa shape index (κ1) is 15.5. The summed E-state index contributed by atoms with van der Waals surface area (Å²) >= 11 is 0. The second-order valence-corrected chi connectivity index (χ2v) is 6.01. The Bertz CT molecular complexity index is 554. The summed E-state index contributed by atoms with van der Waals surface area (Å²) in [6.45, 7) is 7.99. The van der Waals surface area contributed by atoms with E-state index in [1.165, 1.54) is 0 Å². The molecule has 0 saturated heterocycles. The van der Waals surface area contributed by atoms with Gasteiger partial charge in [0, 0.05) is 19.6 Å². The van der Waals surface area contributed by atoms with Crippen molar-refractivity contribution in [2.24, 2.45) is 5.92 Å². The van der Waals surface area contributed by atoms with Crippen LogP contribution in [0.2, 0.25) is 0 Å². The van der Waals surface area contributed by atoms with Crippen LogP contribution in [0.15, 0.2) is 18.2 Å². The second kappa shape index (κ2) is 6.26. The molecule has 2 rings (SSSR count). The Labute approximate surface area is 125 Å². The molecule has 0 aromatic heterocycles. The van der Waals surface area contributed by atoms with Crippen LogP contribution in [-0.2, 0) is 17.9 Å². The van der Waals surface area contributed by atoms with Gasteiger partial charge < -0.3 is 10.4 Å². The molecule has 2 N–H and O–H groups in total. The summed E-state index contributed by atoms with van der Waals surface area (Å²) in [5.41, 5.74) is 2.40. The number of amides is 1. The van der Waals surface area contributed by atoms with Crippen LogP contribution in [0.25, 0.3) is 0 Å². The average molecular weight is 290 g/mol. The number of fused-ring (bicyclic) bond motifs is 1. The van der Waals surface area contributed by atoms with Crippen LogP contribution in [0.4, 0.5) is 0 Å². The molecular formula is C16H22N2O3. The zero-order valence-electron chi connectivity index (χ0n) is 12.7. The monoisotopic (exact) mass is 290 g/mol. The van der Waals surface area contributed by atoms with Crippen LogP contribution in [-0.4, -0.2) is 34.5 Å². The molecule has 0 aliphatic carbocycles. The number of carbonyl (C=O) groups excluding carboxylic acids is 1. The fourth-order valence-electron chi connectivity index (χ4n) is 2.45. The first-order chi connectivity index (χ1) is 9.88. The summed E-state index contributed by atoms with van der Waals surface area (Å²) in [5.74, 6) is -0.469. The molecule has 21 heavy (non-hydrogen) atoms.